The summed E-state index contributed by atoms with van der Waals surface area (Å²) in [6.07, 6.45) is 3.46. The molecule has 36 heavy (non-hydrogen) atoms. The van der Waals surface area contributed by atoms with Gasteiger partial charge in [-0.1, -0.05) is 32.0 Å². The first-order valence-corrected chi connectivity index (χ1v) is 14.5. The minimum atomic E-state index is -3.18. The van der Waals surface area contributed by atoms with Gasteiger partial charge in [0, 0.05) is 37.3 Å². The Morgan fingerprint density at radius 1 is 1.14 bits per heavy atom. The van der Waals surface area contributed by atoms with E-state index in [9.17, 15) is 13.2 Å². The van der Waals surface area contributed by atoms with Crippen LogP contribution in [-0.4, -0.2) is 48.5 Å². The van der Waals surface area contributed by atoms with E-state index in [4.69, 9.17) is 5.73 Å². The summed E-state index contributed by atoms with van der Waals surface area (Å²) < 4.78 is 26.2. The van der Waals surface area contributed by atoms with Crippen LogP contribution < -0.4 is 11.1 Å². The molecule has 0 saturated carbocycles. The number of primary amides is 1. The molecule has 3 aromatic rings. The molecule has 0 aliphatic carbocycles. The van der Waals surface area contributed by atoms with Crippen LogP contribution in [0.5, 0.6) is 0 Å². The fourth-order valence-electron chi connectivity index (χ4n) is 4.95. The summed E-state index contributed by atoms with van der Waals surface area (Å²) in [7, 11) is -3.18. The number of nitrogens with one attached hydrogen (secondary N) is 2. The number of sulfonamides is 1. The summed E-state index contributed by atoms with van der Waals surface area (Å²) in [4.78, 5) is 15.7. The van der Waals surface area contributed by atoms with Crippen molar-refractivity contribution in [1.82, 2.24) is 14.6 Å². The first-order chi connectivity index (χ1) is 17.1. The number of amides is 1. The van der Waals surface area contributed by atoms with Crippen molar-refractivity contribution in [2.24, 2.45) is 11.7 Å². The maximum Gasteiger partial charge on any atom is 0.250 e. The molecule has 4 rings (SSSR count). The van der Waals surface area contributed by atoms with Crippen LogP contribution in [-0.2, 0) is 16.6 Å². The molecular formula is C28H38N4O3S. The molecule has 1 aliphatic rings. The fraction of sp³-hybridized carbons (Fsp3) is 0.464. The molecule has 1 unspecified atom stereocenters. The molecular weight excluding hydrogens is 472 g/mol. The zero-order valence-corrected chi connectivity index (χ0v) is 22.5. The van der Waals surface area contributed by atoms with Crippen molar-refractivity contribution in [3.05, 3.63) is 59.3 Å². The van der Waals surface area contributed by atoms with Crippen molar-refractivity contribution >= 4 is 26.8 Å². The number of piperidine rings is 1. The Bertz CT molecular complexity index is 1340. The van der Waals surface area contributed by atoms with Crippen molar-refractivity contribution in [3.63, 3.8) is 0 Å². The third-order valence-corrected chi connectivity index (χ3v) is 9.51. The molecule has 2 aromatic carbocycles. The highest BCUT2D eigenvalue weighted by Gasteiger charge is 2.29. The highest BCUT2D eigenvalue weighted by Crippen LogP contribution is 2.37. The van der Waals surface area contributed by atoms with Crippen LogP contribution in [0.4, 0.5) is 0 Å². The van der Waals surface area contributed by atoms with Crippen molar-refractivity contribution in [2.45, 2.75) is 59.0 Å². The molecule has 0 bridgehead atoms. The van der Waals surface area contributed by atoms with E-state index in [1.54, 1.807) is 11.2 Å². The van der Waals surface area contributed by atoms with Gasteiger partial charge in [-0.15, -0.1) is 0 Å². The van der Waals surface area contributed by atoms with Gasteiger partial charge < -0.3 is 16.0 Å². The number of nitrogens with two attached hydrogens (primary N) is 1. The molecule has 1 saturated heterocycles. The van der Waals surface area contributed by atoms with Crippen LogP contribution in [0.2, 0.25) is 0 Å². The number of fused-ring (bicyclic) bond motifs is 1. The number of carbonyl (C=O) groups is 1. The highest BCUT2D eigenvalue weighted by atomic mass is 32.2. The third-order valence-electron chi connectivity index (χ3n) is 7.63. The van der Waals surface area contributed by atoms with Crippen molar-refractivity contribution in [2.75, 3.05) is 18.8 Å². The summed E-state index contributed by atoms with van der Waals surface area (Å²) in [5.41, 5.74) is 11.3. The monoisotopic (exact) mass is 510 g/mol. The minimum Gasteiger partial charge on any atom is -0.366 e. The molecule has 1 aromatic heterocycles. The predicted octanol–water partition coefficient (Wildman–Crippen LogP) is 4.60. The van der Waals surface area contributed by atoms with E-state index in [-0.39, 0.29) is 11.7 Å². The standard InChI is InChI=1S/C28H38N4O3S/c1-5-36(34,35)32-11-9-21(10-12-32)26-17-31-27-24(26)14-23(15-25(27)28(29)33)22-8-6-7-20(13-22)16-30-19(4)18(2)3/h6-8,13-15,17-19,21,30-31H,5,9-12,16H2,1-4H3,(H2,29,33). The van der Waals surface area contributed by atoms with Crippen molar-refractivity contribution in [1.29, 1.82) is 0 Å². The van der Waals surface area contributed by atoms with Gasteiger partial charge in [0.2, 0.25) is 10.0 Å². The van der Waals surface area contributed by atoms with E-state index < -0.39 is 15.9 Å². The molecule has 1 atom stereocenters. The van der Waals surface area contributed by atoms with Crippen LogP contribution in [0.1, 0.15) is 67.9 Å². The summed E-state index contributed by atoms with van der Waals surface area (Å²) >= 11 is 0. The largest absolute Gasteiger partial charge is 0.366 e. The maximum absolute atomic E-state index is 12.4. The van der Waals surface area contributed by atoms with E-state index in [1.807, 2.05) is 18.3 Å². The lowest BCUT2D eigenvalue weighted by atomic mass is 9.88. The maximum atomic E-state index is 12.4. The average molecular weight is 511 g/mol. The SMILES string of the molecule is CCS(=O)(=O)N1CCC(c2c[nH]c3c(C(N)=O)cc(-c4cccc(CNC(C)C(C)C)c4)cc23)CC1. The normalized spacial score (nSPS) is 16.6. The smallest absolute Gasteiger partial charge is 0.250 e. The van der Waals surface area contributed by atoms with Crippen LogP contribution in [0.15, 0.2) is 42.6 Å². The Morgan fingerprint density at radius 3 is 2.50 bits per heavy atom. The van der Waals surface area contributed by atoms with Gasteiger partial charge in [-0.3, -0.25) is 4.79 Å². The average Bonchev–Trinajstić information content (AvgIpc) is 3.30. The first kappa shape index (κ1) is 26.4. The van der Waals surface area contributed by atoms with Crippen LogP contribution in [0.25, 0.3) is 22.0 Å². The molecule has 2 heterocycles. The van der Waals surface area contributed by atoms with Gasteiger partial charge in [0.1, 0.15) is 0 Å². The van der Waals surface area contributed by atoms with Gasteiger partial charge in [-0.25, -0.2) is 12.7 Å². The molecule has 8 heteroatoms. The lowest BCUT2D eigenvalue weighted by Crippen LogP contribution is -2.38. The second-order valence-electron chi connectivity index (χ2n) is 10.2. The number of benzene rings is 2. The zero-order valence-electron chi connectivity index (χ0n) is 21.7. The molecule has 0 spiro atoms. The molecule has 7 nitrogen and oxygen atoms in total. The number of H-pyrrole nitrogens is 1. The lowest BCUT2D eigenvalue weighted by Gasteiger charge is -2.31. The predicted molar refractivity (Wildman–Crippen MR) is 146 cm³/mol. The van der Waals surface area contributed by atoms with Gasteiger partial charge in [0.25, 0.3) is 5.91 Å². The molecule has 4 N–H and O–H groups in total. The number of hydrogen-bond donors (Lipinski definition) is 3. The highest BCUT2D eigenvalue weighted by molar-refractivity contribution is 7.89. The van der Waals surface area contributed by atoms with Crippen molar-refractivity contribution in [3.8, 4) is 11.1 Å². The summed E-state index contributed by atoms with van der Waals surface area (Å²) in [6, 6.07) is 12.8. The Labute approximate surface area is 214 Å². The van der Waals surface area contributed by atoms with Crippen molar-refractivity contribution < 1.29 is 13.2 Å². The van der Waals surface area contributed by atoms with Gasteiger partial charge in [-0.05, 0) is 79.0 Å². The van der Waals surface area contributed by atoms with Gasteiger partial charge in [0.05, 0.1) is 16.8 Å². The van der Waals surface area contributed by atoms with Gasteiger partial charge in [0.15, 0.2) is 0 Å². The number of carbonyl (C=O) groups excluding carboxylic acids is 1. The number of nitrogens with zero attached hydrogens (tertiary/aromatic N) is 1. The Morgan fingerprint density at radius 2 is 1.86 bits per heavy atom. The lowest BCUT2D eigenvalue weighted by molar-refractivity contribution is 0.100. The second kappa shape index (κ2) is 10.7. The molecule has 1 fully saturated rings. The third kappa shape index (κ3) is 5.51. The minimum absolute atomic E-state index is 0.126. The van der Waals surface area contributed by atoms with E-state index in [0.29, 0.717) is 30.6 Å². The quantitative estimate of drug-likeness (QED) is 0.391. The molecule has 1 amide bonds. The number of rotatable bonds is 9. The molecule has 0 radical (unpaired) electrons. The van der Waals surface area contributed by atoms with Crippen LogP contribution >= 0.6 is 0 Å². The Kier molecular flexibility index (Phi) is 7.87. The number of aromatic nitrogens is 1. The van der Waals surface area contributed by atoms with E-state index in [1.165, 1.54) is 5.56 Å². The summed E-state index contributed by atoms with van der Waals surface area (Å²) in [6.45, 7) is 10.1. The zero-order chi connectivity index (χ0) is 26.0. The van der Waals surface area contributed by atoms with Gasteiger partial charge >= 0.3 is 0 Å². The van der Waals surface area contributed by atoms with Crippen LogP contribution in [0.3, 0.4) is 0 Å². The molecule has 1 aliphatic heterocycles. The molecule has 194 valence electrons. The van der Waals surface area contributed by atoms with E-state index >= 15 is 0 Å². The first-order valence-electron chi connectivity index (χ1n) is 12.9. The number of hydrogen-bond acceptors (Lipinski definition) is 4. The Hall–Kier alpha value is -2.68. The summed E-state index contributed by atoms with van der Waals surface area (Å²) in [5, 5.41) is 4.56. The van der Waals surface area contributed by atoms with E-state index in [0.717, 1.165) is 47.0 Å². The van der Waals surface area contributed by atoms with Gasteiger partial charge in [-0.2, -0.15) is 0 Å². The summed E-state index contributed by atoms with van der Waals surface area (Å²) in [5.74, 6) is 0.421. The van der Waals surface area contributed by atoms with E-state index in [2.05, 4.69) is 55.3 Å². The fourth-order valence-corrected chi connectivity index (χ4v) is 6.09. The van der Waals surface area contributed by atoms with Crippen LogP contribution in [0, 0.1) is 5.92 Å². The topological polar surface area (TPSA) is 108 Å². The second-order valence-corrected chi connectivity index (χ2v) is 12.5. The number of aromatic amines is 1. The Balaban J connectivity index is 1.66.